The van der Waals surface area contributed by atoms with Crippen LogP contribution in [0.15, 0.2) is 31.0 Å². The molecule has 0 aliphatic heterocycles. The van der Waals surface area contributed by atoms with E-state index in [1.165, 1.54) is 13.3 Å². The van der Waals surface area contributed by atoms with Crippen LogP contribution in [-0.2, 0) is 11.3 Å². The first-order chi connectivity index (χ1) is 10.2. The Labute approximate surface area is 123 Å². The summed E-state index contributed by atoms with van der Waals surface area (Å²) in [6.07, 6.45) is 8.99. The molecule has 3 N–H and O–H groups in total. The molecule has 0 saturated heterocycles. The number of nitrogens with zero attached hydrogens (tertiary/aromatic N) is 3. The summed E-state index contributed by atoms with van der Waals surface area (Å²) in [5, 5.41) is 3.17. The first kappa shape index (κ1) is 14.8. The molecule has 7 nitrogen and oxygen atoms in total. The lowest BCUT2D eigenvalue weighted by atomic mass is 10.2. The van der Waals surface area contributed by atoms with Gasteiger partial charge in [0.1, 0.15) is 5.82 Å². The average molecular weight is 289 g/mol. The van der Waals surface area contributed by atoms with Crippen LogP contribution in [0.25, 0.3) is 0 Å². The highest BCUT2D eigenvalue weighted by Gasteiger charge is 2.11. The number of imidazole rings is 1. The van der Waals surface area contributed by atoms with E-state index >= 15 is 0 Å². The van der Waals surface area contributed by atoms with Crippen LogP contribution in [0.1, 0.15) is 23.2 Å². The van der Waals surface area contributed by atoms with E-state index < -0.39 is 5.97 Å². The number of nitrogens with one attached hydrogen (secondary N) is 1. The Morgan fingerprint density at radius 3 is 3.05 bits per heavy atom. The zero-order chi connectivity index (χ0) is 15.1. The van der Waals surface area contributed by atoms with E-state index in [1.807, 2.05) is 10.8 Å². The SMILES string of the molecule is COC(=O)c1cc(NCCCCn2ccnc2)ncc1N. The Hall–Kier alpha value is -2.57. The second kappa shape index (κ2) is 7.28. The smallest absolute Gasteiger partial charge is 0.340 e. The fraction of sp³-hybridized carbons (Fsp3) is 0.357. The molecule has 0 radical (unpaired) electrons. The van der Waals surface area contributed by atoms with Crippen molar-refractivity contribution in [3.05, 3.63) is 36.5 Å². The molecule has 0 bridgehead atoms. The predicted octanol–water partition coefficient (Wildman–Crippen LogP) is 1.54. The molecule has 21 heavy (non-hydrogen) atoms. The fourth-order valence-corrected chi connectivity index (χ4v) is 1.90. The van der Waals surface area contributed by atoms with E-state index in [4.69, 9.17) is 5.73 Å². The molecule has 7 heteroatoms. The van der Waals surface area contributed by atoms with E-state index in [1.54, 1.807) is 18.6 Å². The molecule has 0 amide bonds. The van der Waals surface area contributed by atoms with Gasteiger partial charge < -0.3 is 20.4 Å². The molecule has 2 rings (SSSR count). The first-order valence-electron chi connectivity index (χ1n) is 6.74. The highest BCUT2D eigenvalue weighted by atomic mass is 16.5. The number of nitrogens with two attached hydrogens (primary N) is 1. The number of carbonyl (C=O) groups excluding carboxylic acids is 1. The largest absolute Gasteiger partial charge is 0.465 e. The maximum atomic E-state index is 11.5. The number of ether oxygens (including phenoxy) is 1. The lowest BCUT2D eigenvalue weighted by Crippen LogP contribution is -2.10. The minimum atomic E-state index is -0.460. The van der Waals surface area contributed by atoms with E-state index in [-0.39, 0.29) is 0 Å². The van der Waals surface area contributed by atoms with Crippen LogP contribution in [0.3, 0.4) is 0 Å². The molecule has 2 aromatic heterocycles. The Kier molecular flexibility index (Phi) is 5.14. The molecule has 0 unspecified atom stereocenters. The van der Waals surface area contributed by atoms with Gasteiger partial charge in [0, 0.05) is 25.5 Å². The summed E-state index contributed by atoms with van der Waals surface area (Å²) in [5.41, 5.74) is 6.34. The Morgan fingerprint density at radius 1 is 1.48 bits per heavy atom. The molecule has 0 saturated carbocycles. The summed E-state index contributed by atoms with van der Waals surface area (Å²) >= 11 is 0. The lowest BCUT2D eigenvalue weighted by molar-refractivity contribution is 0.0602. The van der Waals surface area contributed by atoms with E-state index in [2.05, 4.69) is 20.0 Å². The van der Waals surface area contributed by atoms with Crippen molar-refractivity contribution in [2.24, 2.45) is 0 Å². The van der Waals surface area contributed by atoms with Crippen LogP contribution in [0, 0.1) is 0 Å². The van der Waals surface area contributed by atoms with Crippen molar-refractivity contribution in [1.29, 1.82) is 0 Å². The van der Waals surface area contributed by atoms with Crippen molar-refractivity contribution in [1.82, 2.24) is 14.5 Å². The van der Waals surface area contributed by atoms with E-state index in [0.717, 1.165) is 25.9 Å². The molecule has 0 spiro atoms. The molecule has 0 fully saturated rings. The molecule has 0 aromatic carbocycles. The zero-order valence-corrected chi connectivity index (χ0v) is 12.0. The number of rotatable bonds is 7. The number of hydrogen-bond acceptors (Lipinski definition) is 6. The number of nitrogen functional groups attached to an aromatic ring is 1. The number of aromatic nitrogens is 3. The van der Waals surface area contributed by atoms with Crippen molar-refractivity contribution >= 4 is 17.5 Å². The van der Waals surface area contributed by atoms with Crippen molar-refractivity contribution < 1.29 is 9.53 Å². The number of aryl methyl sites for hydroxylation is 1. The van der Waals surface area contributed by atoms with Gasteiger partial charge in [-0.25, -0.2) is 14.8 Å². The Bertz CT molecular complexity index is 583. The second-order valence-corrected chi connectivity index (χ2v) is 4.58. The number of carbonyl (C=O) groups is 1. The van der Waals surface area contributed by atoms with Gasteiger partial charge in [0.05, 0.1) is 30.9 Å². The molecule has 112 valence electrons. The van der Waals surface area contributed by atoms with Crippen LogP contribution < -0.4 is 11.1 Å². The van der Waals surface area contributed by atoms with E-state index in [9.17, 15) is 4.79 Å². The summed E-state index contributed by atoms with van der Waals surface area (Å²) in [4.78, 5) is 19.7. The monoisotopic (exact) mass is 289 g/mol. The molecule has 0 aliphatic carbocycles. The van der Waals surface area contributed by atoms with Crippen LogP contribution >= 0.6 is 0 Å². The molecular weight excluding hydrogens is 270 g/mol. The minimum Gasteiger partial charge on any atom is -0.465 e. The predicted molar refractivity (Wildman–Crippen MR) is 79.9 cm³/mol. The van der Waals surface area contributed by atoms with Crippen molar-refractivity contribution in [3.8, 4) is 0 Å². The quantitative estimate of drug-likeness (QED) is 0.593. The summed E-state index contributed by atoms with van der Waals surface area (Å²) in [5.74, 6) is 0.158. The topological polar surface area (TPSA) is 95.1 Å². The third-order valence-corrected chi connectivity index (χ3v) is 3.05. The highest BCUT2D eigenvalue weighted by molar-refractivity contribution is 5.95. The summed E-state index contributed by atoms with van der Waals surface area (Å²) in [6.45, 7) is 1.70. The molecule has 2 aromatic rings. The average Bonchev–Trinajstić information content (AvgIpc) is 3.01. The van der Waals surface area contributed by atoms with E-state index in [0.29, 0.717) is 17.1 Å². The summed E-state index contributed by atoms with van der Waals surface area (Å²) in [7, 11) is 1.32. The van der Waals surface area contributed by atoms with Gasteiger partial charge in [0.15, 0.2) is 0 Å². The minimum absolute atomic E-state index is 0.313. The van der Waals surface area contributed by atoms with Crippen molar-refractivity contribution in [3.63, 3.8) is 0 Å². The molecular formula is C14H19N5O2. The Balaban J connectivity index is 1.79. The molecule has 0 atom stereocenters. The van der Waals surface area contributed by atoms with Gasteiger partial charge in [-0.05, 0) is 18.9 Å². The number of unbranched alkanes of at least 4 members (excludes halogenated alkanes) is 1. The van der Waals surface area contributed by atoms with Gasteiger partial charge >= 0.3 is 5.97 Å². The standard InChI is InChI=1S/C14H19N5O2/c1-21-14(20)11-8-13(18-9-12(11)15)17-4-2-3-6-19-7-5-16-10-19/h5,7-10H,2-4,6,15H2,1H3,(H,17,18). The van der Waals surface area contributed by atoms with Crippen LogP contribution in [0.5, 0.6) is 0 Å². The highest BCUT2D eigenvalue weighted by Crippen LogP contribution is 2.15. The second-order valence-electron chi connectivity index (χ2n) is 4.58. The third-order valence-electron chi connectivity index (χ3n) is 3.05. The molecule has 0 aliphatic rings. The summed E-state index contributed by atoms with van der Waals surface area (Å²) < 4.78 is 6.71. The number of hydrogen-bond donors (Lipinski definition) is 2. The van der Waals surface area contributed by atoms with Gasteiger partial charge in [0.25, 0.3) is 0 Å². The van der Waals surface area contributed by atoms with Gasteiger partial charge in [-0.1, -0.05) is 0 Å². The van der Waals surface area contributed by atoms with Gasteiger partial charge in [-0.3, -0.25) is 0 Å². The van der Waals surface area contributed by atoms with Gasteiger partial charge in [-0.2, -0.15) is 0 Å². The third kappa shape index (κ3) is 4.20. The van der Waals surface area contributed by atoms with Crippen LogP contribution in [0.2, 0.25) is 0 Å². The zero-order valence-electron chi connectivity index (χ0n) is 12.0. The van der Waals surface area contributed by atoms with Crippen molar-refractivity contribution in [2.45, 2.75) is 19.4 Å². The normalized spacial score (nSPS) is 10.3. The number of methoxy groups -OCH3 is 1. The molecule has 2 heterocycles. The summed E-state index contributed by atoms with van der Waals surface area (Å²) in [6, 6.07) is 1.61. The Morgan fingerprint density at radius 2 is 2.33 bits per heavy atom. The number of anilines is 2. The first-order valence-corrected chi connectivity index (χ1v) is 6.74. The van der Waals surface area contributed by atoms with Crippen LogP contribution in [-0.4, -0.2) is 34.2 Å². The number of esters is 1. The number of pyridine rings is 1. The van der Waals surface area contributed by atoms with Crippen molar-refractivity contribution in [2.75, 3.05) is 24.7 Å². The maximum absolute atomic E-state index is 11.5. The maximum Gasteiger partial charge on any atom is 0.340 e. The van der Waals surface area contributed by atoms with Gasteiger partial charge in [-0.15, -0.1) is 0 Å². The fourth-order valence-electron chi connectivity index (χ4n) is 1.90. The van der Waals surface area contributed by atoms with Crippen LogP contribution in [0.4, 0.5) is 11.5 Å². The lowest BCUT2D eigenvalue weighted by Gasteiger charge is -2.09. The van der Waals surface area contributed by atoms with Gasteiger partial charge in [0.2, 0.25) is 0 Å².